The SMILES string of the molecule is C1CCNC1.N.[Cl-].[Pt+2]. The fourth-order valence-electron chi connectivity index (χ4n) is 0.625. The van der Waals surface area contributed by atoms with Crippen LogP contribution in [0.3, 0.4) is 0 Å². The summed E-state index contributed by atoms with van der Waals surface area (Å²) in [7, 11) is 0. The van der Waals surface area contributed by atoms with Crippen LogP contribution in [0, 0.1) is 0 Å². The maximum Gasteiger partial charge on any atom is 2.00 e. The van der Waals surface area contributed by atoms with Crippen LogP contribution in [-0.2, 0) is 21.1 Å². The molecule has 1 rings (SSSR count). The van der Waals surface area contributed by atoms with Gasteiger partial charge in [-0.15, -0.1) is 0 Å². The van der Waals surface area contributed by atoms with Crippen molar-refractivity contribution in [3.8, 4) is 0 Å². The van der Waals surface area contributed by atoms with E-state index in [4.69, 9.17) is 0 Å². The molecule has 0 unspecified atom stereocenters. The van der Waals surface area contributed by atoms with Gasteiger partial charge in [0.15, 0.2) is 0 Å². The Hall–Kier alpha value is 0.898. The monoisotopic (exact) mass is 318 g/mol. The van der Waals surface area contributed by atoms with E-state index in [0.717, 1.165) is 0 Å². The summed E-state index contributed by atoms with van der Waals surface area (Å²) in [4.78, 5) is 0. The van der Waals surface area contributed by atoms with Crippen molar-refractivity contribution < 1.29 is 33.5 Å². The molecule has 1 aliphatic heterocycles. The van der Waals surface area contributed by atoms with Gasteiger partial charge in [0.05, 0.1) is 0 Å². The smallest absolute Gasteiger partial charge is 1.00 e. The van der Waals surface area contributed by atoms with Crippen LogP contribution in [0.5, 0.6) is 0 Å². The van der Waals surface area contributed by atoms with Crippen LogP contribution in [0.1, 0.15) is 12.8 Å². The quantitative estimate of drug-likeness (QED) is 0.520. The van der Waals surface area contributed by atoms with Gasteiger partial charge in [-0.1, -0.05) is 0 Å². The van der Waals surface area contributed by atoms with Gasteiger partial charge in [-0.05, 0) is 25.9 Å². The molecule has 0 aromatic rings. The van der Waals surface area contributed by atoms with Gasteiger partial charge in [-0.2, -0.15) is 0 Å². The third kappa shape index (κ3) is 6.90. The van der Waals surface area contributed by atoms with Gasteiger partial charge < -0.3 is 23.9 Å². The van der Waals surface area contributed by atoms with Gasteiger partial charge in [0.1, 0.15) is 0 Å². The fourth-order valence-corrected chi connectivity index (χ4v) is 0.625. The number of hydrogen-bond donors (Lipinski definition) is 2. The first-order valence-corrected chi connectivity index (χ1v) is 2.21. The predicted octanol–water partition coefficient (Wildman–Crippen LogP) is -2.47. The Morgan fingerprint density at radius 3 is 1.50 bits per heavy atom. The van der Waals surface area contributed by atoms with Gasteiger partial charge in [0.25, 0.3) is 0 Å². The van der Waals surface area contributed by atoms with Crippen molar-refractivity contribution in [2.45, 2.75) is 12.8 Å². The molecule has 1 heterocycles. The summed E-state index contributed by atoms with van der Waals surface area (Å²) in [5.74, 6) is 0. The maximum atomic E-state index is 3.22. The van der Waals surface area contributed by atoms with E-state index in [-0.39, 0.29) is 39.6 Å². The molecule has 54 valence electrons. The third-order valence-corrected chi connectivity index (χ3v) is 0.957. The molecular formula is C4H12ClN2Pt+. The van der Waals surface area contributed by atoms with Crippen molar-refractivity contribution in [2.75, 3.05) is 13.1 Å². The normalized spacial score (nSPS) is 15.0. The Balaban J connectivity index is -0.0000000833. The molecule has 0 aliphatic carbocycles. The Kier molecular flexibility index (Phi) is 21.5. The van der Waals surface area contributed by atoms with Crippen molar-refractivity contribution >= 4 is 0 Å². The van der Waals surface area contributed by atoms with E-state index in [0.29, 0.717) is 0 Å². The van der Waals surface area contributed by atoms with Crippen LogP contribution in [0.15, 0.2) is 0 Å². The van der Waals surface area contributed by atoms with Crippen LogP contribution in [0.2, 0.25) is 0 Å². The average molecular weight is 319 g/mol. The van der Waals surface area contributed by atoms with E-state index in [1.807, 2.05) is 0 Å². The Labute approximate surface area is 71.1 Å². The predicted molar refractivity (Wildman–Crippen MR) is 27.1 cm³/mol. The molecule has 0 bridgehead atoms. The van der Waals surface area contributed by atoms with Crippen LogP contribution < -0.4 is 23.9 Å². The summed E-state index contributed by atoms with van der Waals surface area (Å²) in [6, 6.07) is 0. The molecule has 2 nitrogen and oxygen atoms in total. The van der Waals surface area contributed by atoms with E-state index in [9.17, 15) is 0 Å². The Morgan fingerprint density at radius 2 is 1.38 bits per heavy atom. The first-order chi connectivity index (χ1) is 2.50. The minimum atomic E-state index is 0. The molecule has 4 heteroatoms. The van der Waals surface area contributed by atoms with Crippen LogP contribution >= 0.6 is 0 Å². The molecule has 4 N–H and O–H groups in total. The van der Waals surface area contributed by atoms with Crippen LogP contribution in [0.25, 0.3) is 0 Å². The summed E-state index contributed by atoms with van der Waals surface area (Å²) >= 11 is 0. The first-order valence-electron chi connectivity index (χ1n) is 2.21. The van der Waals surface area contributed by atoms with E-state index < -0.39 is 0 Å². The summed E-state index contributed by atoms with van der Waals surface area (Å²) in [6.07, 6.45) is 2.78. The minimum Gasteiger partial charge on any atom is -1.00 e. The summed E-state index contributed by atoms with van der Waals surface area (Å²) in [5, 5.41) is 3.22. The Morgan fingerprint density at radius 1 is 1.00 bits per heavy atom. The number of rotatable bonds is 0. The Bertz CT molecular complexity index is 25.6. The topological polar surface area (TPSA) is 47.0 Å². The molecule has 0 atom stereocenters. The second kappa shape index (κ2) is 10.8. The second-order valence-electron chi connectivity index (χ2n) is 1.46. The van der Waals surface area contributed by atoms with E-state index in [1.165, 1.54) is 25.9 Å². The molecular weight excluding hydrogens is 307 g/mol. The second-order valence-corrected chi connectivity index (χ2v) is 1.46. The summed E-state index contributed by atoms with van der Waals surface area (Å²) in [5.41, 5.74) is 0. The molecule has 0 aromatic carbocycles. The molecule has 0 saturated carbocycles. The number of nitrogens with one attached hydrogen (secondary N) is 1. The van der Waals surface area contributed by atoms with Gasteiger partial charge in [-0.25, -0.2) is 0 Å². The van der Waals surface area contributed by atoms with Crippen molar-refractivity contribution in [1.29, 1.82) is 0 Å². The first kappa shape index (κ1) is 16.0. The van der Waals surface area contributed by atoms with Gasteiger partial charge in [-0.3, -0.25) is 0 Å². The van der Waals surface area contributed by atoms with Crippen LogP contribution in [-0.4, -0.2) is 13.1 Å². The van der Waals surface area contributed by atoms with Gasteiger partial charge >= 0.3 is 21.1 Å². The van der Waals surface area contributed by atoms with Gasteiger partial charge in [0.2, 0.25) is 0 Å². The molecule has 1 saturated heterocycles. The molecule has 0 amide bonds. The standard InChI is InChI=1S/C4H9N.ClH.H3N.Pt/c1-2-4-5-3-1;;;/h5H,1-4H2;1H;1H3;/q;;;+2/p-1. The average Bonchev–Trinajstić information content (AvgIpc) is 1.76. The number of hydrogen-bond acceptors (Lipinski definition) is 2. The number of halogens is 1. The third-order valence-electron chi connectivity index (χ3n) is 0.957. The van der Waals surface area contributed by atoms with E-state index >= 15 is 0 Å². The molecule has 0 aromatic heterocycles. The van der Waals surface area contributed by atoms with Crippen molar-refractivity contribution in [2.24, 2.45) is 0 Å². The fraction of sp³-hybridized carbons (Fsp3) is 1.00. The molecule has 0 spiro atoms. The zero-order chi connectivity index (χ0) is 3.54. The molecule has 8 heavy (non-hydrogen) atoms. The molecule has 0 radical (unpaired) electrons. The molecule has 1 fully saturated rings. The minimum absolute atomic E-state index is 0. The van der Waals surface area contributed by atoms with E-state index in [2.05, 4.69) is 5.32 Å². The maximum absolute atomic E-state index is 3.22. The van der Waals surface area contributed by atoms with Crippen LogP contribution in [0.4, 0.5) is 0 Å². The largest absolute Gasteiger partial charge is 2.00 e. The van der Waals surface area contributed by atoms with E-state index in [1.54, 1.807) is 0 Å². The van der Waals surface area contributed by atoms with Crippen molar-refractivity contribution in [3.05, 3.63) is 0 Å². The zero-order valence-electron chi connectivity index (χ0n) is 4.73. The summed E-state index contributed by atoms with van der Waals surface area (Å²) in [6.45, 7) is 2.50. The van der Waals surface area contributed by atoms with Crippen molar-refractivity contribution in [3.63, 3.8) is 0 Å². The zero-order valence-corrected chi connectivity index (χ0v) is 7.76. The summed E-state index contributed by atoms with van der Waals surface area (Å²) < 4.78 is 0. The molecule has 1 aliphatic rings. The van der Waals surface area contributed by atoms with Gasteiger partial charge in [0, 0.05) is 0 Å². The van der Waals surface area contributed by atoms with Crippen molar-refractivity contribution in [1.82, 2.24) is 11.5 Å².